The molecule has 7 heteroatoms. The maximum Gasteiger partial charge on any atom is 0.261 e. The average molecular weight is 327 g/mol. The zero-order valence-electron chi connectivity index (χ0n) is 10.3. The normalized spacial score (nSPS) is 10.5. The van der Waals surface area contributed by atoms with E-state index in [1.165, 1.54) is 12.1 Å². The summed E-state index contributed by atoms with van der Waals surface area (Å²) in [7, 11) is 0. The van der Waals surface area contributed by atoms with Crippen LogP contribution in [-0.2, 0) is 0 Å². The number of benzene rings is 1. The maximum absolute atomic E-state index is 13.3. The van der Waals surface area contributed by atoms with E-state index < -0.39 is 0 Å². The molecule has 0 aliphatic heterocycles. The van der Waals surface area contributed by atoms with Gasteiger partial charge in [0.2, 0.25) is 0 Å². The number of amides is 1. The molecule has 0 saturated heterocycles. The number of halogens is 2. The minimum absolute atomic E-state index is 0.133. The van der Waals surface area contributed by atoms with Crippen LogP contribution in [0.5, 0.6) is 0 Å². The predicted molar refractivity (Wildman–Crippen MR) is 74.5 cm³/mol. The van der Waals surface area contributed by atoms with E-state index in [9.17, 15) is 9.18 Å². The molecule has 0 aliphatic rings. The smallest absolute Gasteiger partial charge is 0.261 e. The zero-order chi connectivity index (χ0) is 14.2. The van der Waals surface area contributed by atoms with E-state index in [4.69, 9.17) is 5.73 Å². The number of nitrogens with one attached hydrogen (secondary N) is 2. The molecule has 1 amide bonds. The number of hydrogen-bond donors (Lipinski definition) is 3. The Kier molecular flexibility index (Phi) is 3.57. The number of rotatable bonds is 2. The van der Waals surface area contributed by atoms with Crippen LogP contribution < -0.4 is 11.1 Å². The van der Waals surface area contributed by atoms with Crippen molar-refractivity contribution in [2.24, 2.45) is 0 Å². The molecule has 0 aliphatic carbocycles. The van der Waals surface area contributed by atoms with E-state index in [1.807, 2.05) is 0 Å². The van der Waals surface area contributed by atoms with E-state index >= 15 is 0 Å². The van der Waals surface area contributed by atoms with E-state index in [0.29, 0.717) is 22.5 Å². The van der Waals surface area contributed by atoms with Crippen molar-refractivity contribution >= 4 is 33.3 Å². The molecular formula is C12H12BrFN4O. The lowest BCUT2D eigenvalue weighted by Gasteiger charge is -2.09. The lowest BCUT2D eigenvalue weighted by molar-refractivity contribution is 0.102. The Morgan fingerprint density at radius 1 is 1.47 bits per heavy atom. The van der Waals surface area contributed by atoms with Crippen molar-refractivity contribution in [2.75, 3.05) is 11.1 Å². The monoisotopic (exact) mass is 326 g/mol. The van der Waals surface area contributed by atoms with Gasteiger partial charge >= 0.3 is 0 Å². The van der Waals surface area contributed by atoms with Gasteiger partial charge in [0.1, 0.15) is 11.4 Å². The first kappa shape index (κ1) is 13.5. The maximum atomic E-state index is 13.3. The molecule has 0 bridgehead atoms. The SMILES string of the molecule is Cc1cc(F)c(Br)cc1NC(=O)c1c(N)n[nH]c1C. The van der Waals surface area contributed by atoms with Gasteiger partial charge in [-0.3, -0.25) is 9.89 Å². The number of nitrogen functional groups attached to an aromatic ring is 1. The summed E-state index contributed by atoms with van der Waals surface area (Å²) in [5, 5.41) is 9.08. The Morgan fingerprint density at radius 3 is 2.74 bits per heavy atom. The topological polar surface area (TPSA) is 83.8 Å². The number of anilines is 2. The average Bonchev–Trinajstić information content (AvgIpc) is 2.66. The second-order valence-electron chi connectivity index (χ2n) is 4.14. The summed E-state index contributed by atoms with van der Waals surface area (Å²) in [5.74, 6) is -0.631. The second-order valence-corrected chi connectivity index (χ2v) is 5.00. The van der Waals surface area contributed by atoms with Crippen molar-refractivity contribution in [2.45, 2.75) is 13.8 Å². The summed E-state index contributed by atoms with van der Waals surface area (Å²) in [6.07, 6.45) is 0. The number of aromatic amines is 1. The van der Waals surface area contributed by atoms with Gasteiger partial charge in [-0.05, 0) is 47.5 Å². The Hall–Kier alpha value is -1.89. The number of aromatic nitrogens is 2. The van der Waals surface area contributed by atoms with Crippen LogP contribution in [0.4, 0.5) is 15.9 Å². The standard InChI is InChI=1S/C12H12BrFN4O/c1-5-3-8(14)7(13)4-9(5)16-12(19)10-6(2)17-18-11(10)15/h3-4H,1-2H3,(H,16,19)(H3,15,17,18). The third-order valence-corrected chi connectivity index (χ3v) is 3.33. The van der Waals surface area contributed by atoms with Gasteiger partial charge in [0, 0.05) is 11.4 Å². The van der Waals surface area contributed by atoms with Gasteiger partial charge in [0.25, 0.3) is 5.91 Å². The summed E-state index contributed by atoms with van der Waals surface area (Å²) < 4.78 is 13.6. The molecule has 5 nitrogen and oxygen atoms in total. The first-order chi connectivity index (χ1) is 8.90. The summed E-state index contributed by atoms with van der Waals surface area (Å²) in [6.45, 7) is 3.41. The molecule has 19 heavy (non-hydrogen) atoms. The van der Waals surface area contributed by atoms with Crippen LogP contribution in [-0.4, -0.2) is 16.1 Å². The van der Waals surface area contributed by atoms with Crippen molar-refractivity contribution in [1.82, 2.24) is 10.2 Å². The highest BCUT2D eigenvalue weighted by molar-refractivity contribution is 9.10. The van der Waals surface area contributed by atoms with Crippen LogP contribution in [0.15, 0.2) is 16.6 Å². The fourth-order valence-electron chi connectivity index (χ4n) is 1.70. The third-order valence-electron chi connectivity index (χ3n) is 2.72. The number of H-pyrrole nitrogens is 1. The van der Waals surface area contributed by atoms with E-state index in [0.717, 1.165) is 0 Å². The summed E-state index contributed by atoms with van der Waals surface area (Å²) in [6, 6.07) is 2.85. The predicted octanol–water partition coefficient (Wildman–Crippen LogP) is 2.76. The Morgan fingerprint density at radius 2 is 2.16 bits per heavy atom. The van der Waals surface area contributed by atoms with Gasteiger partial charge in [-0.25, -0.2) is 4.39 Å². The summed E-state index contributed by atoms with van der Waals surface area (Å²) in [5.41, 5.74) is 7.62. The van der Waals surface area contributed by atoms with Crippen molar-refractivity contribution < 1.29 is 9.18 Å². The van der Waals surface area contributed by atoms with E-state index in [-0.39, 0.29) is 22.0 Å². The number of carbonyl (C=O) groups excluding carboxylic acids is 1. The highest BCUT2D eigenvalue weighted by atomic mass is 79.9. The van der Waals surface area contributed by atoms with Gasteiger partial charge < -0.3 is 11.1 Å². The quantitative estimate of drug-likeness (QED) is 0.793. The van der Waals surface area contributed by atoms with Crippen LogP contribution in [0.2, 0.25) is 0 Å². The Labute approximate surface area is 117 Å². The third kappa shape index (κ3) is 2.60. The fraction of sp³-hybridized carbons (Fsp3) is 0.167. The second kappa shape index (κ2) is 5.00. The molecule has 2 rings (SSSR count). The molecule has 0 fully saturated rings. The molecule has 0 spiro atoms. The number of carbonyl (C=O) groups is 1. The lowest BCUT2D eigenvalue weighted by Crippen LogP contribution is -2.15. The molecule has 0 saturated carbocycles. The van der Waals surface area contributed by atoms with Crippen LogP contribution in [0.1, 0.15) is 21.6 Å². The Bertz CT molecular complexity index is 634. The molecule has 1 heterocycles. The number of nitrogens with zero attached hydrogens (tertiary/aromatic N) is 1. The first-order valence-corrected chi connectivity index (χ1v) is 6.27. The van der Waals surface area contributed by atoms with Crippen LogP contribution >= 0.6 is 15.9 Å². The molecule has 100 valence electrons. The largest absolute Gasteiger partial charge is 0.382 e. The van der Waals surface area contributed by atoms with Crippen molar-refractivity contribution in [3.63, 3.8) is 0 Å². The van der Waals surface area contributed by atoms with Gasteiger partial charge in [0.15, 0.2) is 5.82 Å². The van der Waals surface area contributed by atoms with Crippen LogP contribution in [0.25, 0.3) is 0 Å². The fourth-order valence-corrected chi connectivity index (χ4v) is 2.04. The minimum Gasteiger partial charge on any atom is -0.382 e. The van der Waals surface area contributed by atoms with Crippen molar-refractivity contribution in [3.05, 3.63) is 39.2 Å². The lowest BCUT2D eigenvalue weighted by atomic mass is 10.1. The van der Waals surface area contributed by atoms with Gasteiger partial charge in [0.05, 0.1) is 4.47 Å². The molecule has 0 radical (unpaired) electrons. The summed E-state index contributed by atoms with van der Waals surface area (Å²) in [4.78, 5) is 12.1. The molecule has 1 aromatic carbocycles. The van der Waals surface area contributed by atoms with Crippen LogP contribution in [0.3, 0.4) is 0 Å². The van der Waals surface area contributed by atoms with Gasteiger partial charge in [-0.1, -0.05) is 0 Å². The Balaban J connectivity index is 2.32. The molecule has 1 aromatic heterocycles. The number of hydrogen-bond acceptors (Lipinski definition) is 3. The highest BCUT2D eigenvalue weighted by Gasteiger charge is 2.17. The number of aryl methyl sites for hydroxylation is 2. The first-order valence-electron chi connectivity index (χ1n) is 5.47. The highest BCUT2D eigenvalue weighted by Crippen LogP contribution is 2.25. The van der Waals surface area contributed by atoms with E-state index in [2.05, 4.69) is 31.4 Å². The summed E-state index contributed by atoms with van der Waals surface area (Å²) >= 11 is 3.08. The van der Waals surface area contributed by atoms with E-state index in [1.54, 1.807) is 13.8 Å². The molecule has 0 atom stereocenters. The minimum atomic E-state index is -0.384. The number of nitrogens with two attached hydrogens (primary N) is 1. The van der Waals surface area contributed by atoms with Crippen molar-refractivity contribution in [3.8, 4) is 0 Å². The zero-order valence-corrected chi connectivity index (χ0v) is 11.9. The molecule has 0 unspecified atom stereocenters. The van der Waals surface area contributed by atoms with Crippen molar-refractivity contribution in [1.29, 1.82) is 0 Å². The molecule has 4 N–H and O–H groups in total. The molecule has 2 aromatic rings. The molecular weight excluding hydrogens is 315 g/mol. The van der Waals surface area contributed by atoms with Gasteiger partial charge in [-0.15, -0.1) is 0 Å². The van der Waals surface area contributed by atoms with Crippen LogP contribution in [0, 0.1) is 19.7 Å². The van der Waals surface area contributed by atoms with Gasteiger partial charge in [-0.2, -0.15) is 5.10 Å².